The summed E-state index contributed by atoms with van der Waals surface area (Å²) >= 11 is 0. The lowest BCUT2D eigenvalue weighted by Gasteiger charge is -2.38. The van der Waals surface area contributed by atoms with E-state index in [-0.39, 0.29) is 17.2 Å². The predicted molar refractivity (Wildman–Crippen MR) is 113 cm³/mol. The number of piperazine rings is 1. The molecule has 0 bridgehead atoms. The number of hydrogen-bond donors (Lipinski definition) is 1. The highest BCUT2D eigenvalue weighted by atomic mass is 16.2. The lowest BCUT2D eigenvalue weighted by molar-refractivity contribution is -0.133. The minimum absolute atomic E-state index is 0.0726. The standard InChI is InChI=1S/C23H35N3O2/c1-23(2,3)19-10-8-18(9-11-19)22(28)24-13-12-21(27)26-16-14-25(15-17-26)20-6-4-5-7-20/h8-11,20H,4-7,12-17H2,1-3H3,(H,24,28). The van der Waals surface area contributed by atoms with Gasteiger partial charge in [-0.1, -0.05) is 45.7 Å². The Morgan fingerprint density at radius 1 is 1.00 bits per heavy atom. The molecule has 3 rings (SSSR count). The number of rotatable bonds is 5. The molecule has 1 heterocycles. The second kappa shape index (κ2) is 9.08. The van der Waals surface area contributed by atoms with Gasteiger partial charge in [0.2, 0.25) is 5.91 Å². The van der Waals surface area contributed by atoms with Crippen molar-refractivity contribution in [3.05, 3.63) is 35.4 Å². The van der Waals surface area contributed by atoms with Crippen molar-refractivity contribution < 1.29 is 9.59 Å². The molecule has 2 aliphatic rings. The van der Waals surface area contributed by atoms with Gasteiger partial charge in [0.25, 0.3) is 5.91 Å². The third-order valence-electron chi connectivity index (χ3n) is 6.15. The average molecular weight is 386 g/mol. The maximum atomic E-state index is 12.5. The van der Waals surface area contributed by atoms with Crippen LogP contribution in [0.25, 0.3) is 0 Å². The molecule has 1 saturated carbocycles. The van der Waals surface area contributed by atoms with E-state index in [1.807, 2.05) is 29.2 Å². The molecule has 1 aliphatic carbocycles. The number of carbonyl (C=O) groups is 2. The summed E-state index contributed by atoms with van der Waals surface area (Å²) < 4.78 is 0. The maximum absolute atomic E-state index is 12.5. The van der Waals surface area contributed by atoms with Crippen LogP contribution in [0.4, 0.5) is 0 Å². The van der Waals surface area contributed by atoms with Crippen LogP contribution in [0.5, 0.6) is 0 Å². The molecule has 0 aromatic heterocycles. The zero-order valence-electron chi connectivity index (χ0n) is 17.7. The Morgan fingerprint density at radius 3 is 2.18 bits per heavy atom. The van der Waals surface area contributed by atoms with Crippen molar-refractivity contribution in [1.29, 1.82) is 0 Å². The van der Waals surface area contributed by atoms with Crippen molar-refractivity contribution in [2.75, 3.05) is 32.7 Å². The zero-order valence-corrected chi connectivity index (χ0v) is 17.7. The highest BCUT2D eigenvalue weighted by molar-refractivity contribution is 5.94. The van der Waals surface area contributed by atoms with Gasteiger partial charge in [0, 0.05) is 50.7 Å². The fraction of sp³-hybridized carbons (Fsp3) is 0.652. The SMILES string of the molecule is CC(C)(C)c1ccc(C(=O)NCCC(=O)N2CCN(C3CCCC3)CC2)cc1. The topological polar surface area (TPSA) is 52.7 Å². The van der Waals surface area contributed by atoms with Gasteiger partial charge in [0.05, 0.1) is 0 Å². The second-order valence-electron chi connectivity index (χ2n) is 9.19. The monoisotopic (exact) mass is 385 g/mol. The van der Waals surface area contributed by atoms with Gasteiger partial charge in [-0.2, -0.15) is 0 Å². The van der Waals surface area contributed by atoms with Gasteiger partial charge in [-0.25, -0.2) is 0 Å². The van der Waals surface area contributed by atoms with E-state index in [4.69, 9.17) is 0 Å². The summed E-state index contributed by atoms with van der Waals surface area (Å²) in [5.74, 6) is 0.0359. The molecular weight excluding hydrogens is 350 g/mol. The van der Waals surface area contributed by atoms with Crippen LogP contribution in [-0.4, -0.2) is 60.4 Å². The van der Waals surface area contributed by atoms with Crippen LogP contribution >= 0.6 is 0 Å². The lowest BCUT2D eigenvalue weighted by atomic mass is 9.87. The van der Waals surface area contributed by atoms with Gasteiger partial charge in [-0.05, 0) is 36.0 Å². The Kier molecular flexibility index (Phi) is 6.76. The molecule has 1 aromatic rings. The second-order valence-corrected chi connectivity index (χ2v) is 9.19. The van der Waals surface area contributed by atoms with Crippen molar-refractivity contribution >= 4 is 11.8 Å². The molecule has 2 fully saturated rings. The largest absolute Gasteiger partial charge is 0.352 e. The van der Waals surface area contributed by atoms with Crippen LogP contribution in [0.2, 0.25) is 0 Å². The summed E-state index contributed by atoms with van der Waals surface area (Å²) in [6.07, 6.45) is 5.70. The van der Waals surface area contributed by atoms with Gasteiger partial charge < -0.3 is 10.2 Å². The van der Waals surface area contributed by atoms with Crippen molar-refractivity contribution in [1.82, 2.24) is 15.1 Å². The van der Waals surface area contributed by atoms with Crippen LogP contribution in [0.1, 0.15) is 68.8 Å². The van der Waals surface area contributed by atoms with Gasteiger partial charge in [-0.3, -0.25) is 14.5 Å². The van der Waals surface area contributed by atoms with E-state index in [0.29, 0.717) is 18.5 Å². The summed E-state index contributed by atoms with van der Waals surface area (Å²) in [5, 5.41) is 2.88. The Bertz CT molecular complexity index is 664. The number of nitrogens with zero attached hydrogens (tertiary/aromatic N) is 2. The molecule has 1 aliphatic heterocycles. The fourth-order valence-corrected chi connectivity index (χ4v) is 4.27. The smallest absolute Gasteiger partial charge is 0.251 e. The van der Waals surface area contributed by atoms with E-state index in [2.05, 4.69) is 31.0 Å². The first-order chi connectivity index (χ1) is 13.3. The first kappa shape index (κ1) is 20.8. The summed E-state index contributed by atoms with van der Waals surface area (Å²) in [4.78, 5) is 29.3. The molecule has 1 N–H and O–H groups in total. The van der Waals surface area contributed by atoms with E-state index in [1.165, 1.54) is 31.2 Å². The minimum Gasteiger partial charge on any atom is -0.352 e. The highest BCUT2D eigenvalue weighted by Gasteiger charge is 2.27. The number of benzene rings is 1. The average Bonchev–Trinajstić information content (AvgIpc) is 3.22. The van der Waals surface area contributed by atoms with Gasteiger partial charge in [0.1, 0.15) is 0 Å². The van der Waals surface area contributed by atoms with E-state index in [1.54, 1.807) is 0 Å². The lowest BCUT2D eigenvalue weighted by Crippen LogP contribution is -2.51. The number of amides is 2. The van der Waals surface area contributed by atoms with Crippen LogP contribution < -0.4 is 5.32 Å². The van der Waals surface area contributed by atoms with Gasteiger partial charge in [0.15, 0.2) is 0 Å². The van der Waals surface area contributed by atoms with Crippen molar-refractivity contribution in [2.45, 2.75) is 64.3 Å². The molecule has 5 heteroatoms. The normalized spacial score (nSPS) is 19.0. The van der Waals surface area contributed by atoms with Crippen molar-refractivity contribution in [3.8, 4) is 0 Å². The Labute approximate surface area is 169 Å². The Hall–Kier alpha value is -1.88. The zero-order chi connectivity index (χ0) is 20.1. The van der Waals surface area contributed by atoms with E-state index < -0.39 is 0 Å². The molecule has 0 unspecified atom stereocenters. The first-order valence-electron chi connectivity index (χ1n) is 10.7. The molecule has 0 atom stereocenters. The van der Waals surface area contributed by atoms with Crippen LogP contribution in [0.15, 0.2) is 24.3 Å². The third kappa shape index (κ3) is 5.34. The molecule has 2 amide bonds. The van der Waals surface area contributed by atoms with Crippen molar-refractivity contribution in [2.24, 2.45) is 0 Å². The number of hydrogen-bond acceptors (Lipinski definition) is 3. The molecule has 5 nitrogen and oxygen atoms in total. The molecule has 154 valence electrons. The molecular formula is C23H35N3O2. The maximum Gasteiger partial charge on any atom is 0.251 e. The van der Waals surface area contributed by atoms with Gasteiger partial charge >= 0.3 is 0 Å². The van der Waals surface area contributed by atoms with Crippen LogP contribution in [-0.2, 0) is 10.2 Å². The van der Waals surface area contributed by atoms with Crippen LogP contribution in [0, 0.1) is 0 Å². The number of nitrogens with one attached hydrogen (secondary N) is 1. The van der Waals surface area contributed by atoms with E-state index in [0.717, 1.165) is 32.2 Å². The summed E-state index contributed by atoms with van der Waals surface area (Å²) in [6.45, 7) is 10.5. The first-order valence-corrected chi connectivity index (χ1v) is 10.7. The Morgan fingerprint density at radius 2 is 1.61 bits per heavy atom. The Balaban J connectivity index is 1.38. The number of carbonyl (C=O) groups excluding carboxylic acids is 2. The van der Waals surface area contributed by atoms with E-state index in [9.17, 15) is 9.59 Å². The van der Waals surface area contributed by atoms with E-state index >= 15 is 0 Å². The molecule has 0 spiro atoms. The summed E-state index contributed by atoms with van der Waals surface area (Å²) in [5.41, 5.74) is 1.92. The summed E-state index contributed by atoms with van der Waals surface area (Å²) in [7, 11) is 0. The highest BCUT2D eigenvalue weighted by Crippen LogP contribution is 2.24. The minimum atomic E-state index is -0.112. The van der Waals surface area contributed by atoms with Crippen LogP contribution in [0.3, 0.4) is 0 Å². The molecule has 28 heavy (non-hydrogen) atoms. The molecule has 0 radical (unpaired) electrons. The molecule has 1 aromatic carbocycles. The third-order valence-corrected chi connectivity index (χ3v) is 6.15. The molecule has 1 saturated heterocycles. The summed E-state index contributed by atoms with van der Waals surface area (Å²) in [6, 6.07) is 8.47. The quantitative estimate of drug-likeness (QED) is 0.847. The van der Waals surface area contributed by atoms with Gasteiger partial charge in [-0.15, -0.1) is 0 Å². The van der Waals surface area contributed by atoms with Crippen molar-refractivity contribution in [3.63, 3.8) is 0 Å². The predicted octanol–water partition coefficient (Wildman–Crippen LogP) is 3.19. The fourth-order valence-electron chi connectivity index (χ4n) is 4.27.